The molecule has 0 unspecified atom stereocenters. The lowest BCUT2D eigenvalue weighted by Crippen LogP contribution is -2.31. The second-order valence-electron chi connectivity index (χ2n) is 6.32. The van der Waals surface area contributed by atoms with Crippen LogP contribution in [0.1, 0.15) is 31.2 Å². The van der Waals surface area contributed by atoms with Crippen molar-refractivity contribution in [3.8, 4) is 22.9 Å². The van der Waals surface area contributed by atoms with Crippen LogP contribution >= 0.6 is 0 Å². The average molecular weight is 320 g/mol. The molecule has 3 nitrogen and oxygen atoms in total. The number of piperidine rings is 1. The van der Waals surface area contributed by atoms with Crippen LogP contribution in [0.15, 0.2) is 48.5 Å². The summed E-state index contributed by atoms with van der Waals surface area (Å²) >= 11 is 0. The van der Waals surface area contributed by atoms with Gasteiger partial charge in [-0.05, 0) is 67.7 Å². The third-order valence-corrected chi connectivity index (χ3v) is 4.54. The average Bonchev–Trinajstić information content (AvgIpc) is 2.67. The fraction of sp³-hybridized carbons (Fsp3) is 0.381. The Morgan fingerprint density at radius 2 is 1.50 bits per heavy atom. The van der Waals surface area contributed by atoms with E-state index in [-0.39, 0.29) is 0 Å². The summed E-state index contributed by atoms with van der Waals surface area (Å²) < 4.78 is 5.85. The van der Waals surface area contributed by atoms with Crippen molar-refractivity contribution in [2.75, 3.05) is 26.2 Å². The smallest absolute Gasteiger partial charge is 0.119 e. The van der Waals surface area contributed by atoms with E-state index < -0.39 is 0 Å². The van der Waals surface area contributed by atoms with Gasteiger partial charge in [0.25, 0.3) is 0 Å². The van der Waals surface area contributed by atoms with Crippen molar-refractivity contribution < 1.29 is 4.74 Å². The fourth-order valence-electron chi connectivity index (χ4n) is 3.14. The van der Waals surface area contributed by atoms with Gasteiger partial charge in [0, 0.05) is 6.54 Å². The van der Waals surface area contributed by atoms with E-state index in [1.165, 1.54) is 32.4 Å². The molecule has 2 aromatic carbocycles. The van der Waals surface area contributed by atoms with Gasteiger partial charge in [-0.2, -0.15) is 5.26 Å². The highest BCUT2D eigenvalue weighted by Crippen LogP contribution is 2.23. The van der Waals surface area contributed by atoms with Crippen LogP contribution in [-0.4, -0.2) is 31.1 Å². The molecule has 0 N–H and O–H groups in total. The van der Waals surface area contributed by atoms with Gasteiger partial charge in [-0.25, -0.2) is 0 Å². The van der Waals surface area contributed by atoms with Crippen LogP contribution in [-0.2, 0) is 0 Å². The topological polar surface area (TPSA) is 36.3 Å². The van der Waals surface area contributed by atoms with E-state index in [0.29, 0.717) is 5.56 Å². The third-order valence-electron chi connectivity index (χ3n) is 4.54. The Labute approximate surface area is 144 Å². The molecule has 3 rings (SSSR count). The SMILES string of the molecule is N#Cc1ccc(-c2ccc(OCCCN3CCCCC3)cc2)cc1. The number of nitriles is 1. The number of hydrogen-bond donors (Lipinski definition) is 0. The number of benzene rings is 2. The molecule has 1 saturated heterocycles. The molecule has 124 valence electrons. The second-order valence-corrected chi connectivity index (χ2v) is 6.32. The Bertz CT molecular complexity index is 664. The molecular weight excluding hydrogens is 296 g/mol. The molecule has 2 aromatic rings. The minimum atomic E-state index is 0.687. The molecular formula is C21H24N2O. The molecule has 1 aliphatic rings. The summed E-state index contributed by atoms with van der Waals surface area (Å²) in [5.41, 5.74) is 2.94. The summed E-state index contributed by atoms with van der Waals surface area (Å²) in [5, 5.41) is 8.85. The lowest BCUT2D eigenvalue weighted by atomic mass is 10.0. The number of nitrogens with zero attached hydrogens (tertiary/aromatic N) is 2. The Hall–Kier alpha value is -2.31. The molecule has 24 heavy (non-hydrogen) atoms. The van der Waals surface area contributed by atoms with Gasteiger partial charge < -0.3 is 9.64 Å². The van der Waals surface area contributed by atoms with E-state index in [2.05, 4.69) is 23.1 Å². The van der Waals surface area contributed by atoms with Crippen molar-refractivity contribution in [1.29, 1.82) is 5.26 Å². The summed E-state index contributed by atoms with van der Waals surface area (Å²) in [6, 6.07) is 18.0. The molecule has 0 amide bonds. The van der Waals surface area contributed by atoms with Crippen LogP contribution in [0.3, 0.4) is 0 Å². The van der Waals surface area contributed by atoms with E-state index in [1.807, 2.05) is 36.4 Å². The van der Waals surface area contributed by atoms with Crippen LogP contribution in [0.25, 0.3) is 11.1 Å². The maximum absolute atomic E-state index is 8.85. The van der Waals surface area contributed by atoms with Gasteiger partial charge in [-0.3, -0.25) is 0 Å². The van der Waals surface area contributed by atoms with E-state index in [0.717, 1.165) is 36.4 Å². The van der Waals surface area contributed by atoms with Crippen LogP contribution in [0.2, 0.25) is 0 Å². The minimum absolute atomic E-state index is 0.687. The van der Waals surface area contributed by atoms with Crippen molar-refractivity contribution in [2.45, 2.75) is 25.7 Å². The molecule has 0 radical (unpaired) electrons. The number of hydrogen-bond acceptors (Lipinski definition) is 3. The summed E-state index contributed by atoms with van der Waals surface area (Å²) in [6.07, 6.45) is 5.16. The maximum Gasteiger partial charge on any atom is 0.119 e. The van der Waals surface area contributed by atoms with Crippen molar-refractivity contribution in [2.24, 2.45) is 0 Å². The zero-order valence-electron chi connectivity index (χ0n) is 14.1. The molecule has 0 aromatic heterocycles. The van der Waals surface area contributed by atoms with E-state index in [4.69, 9.17) is 10.00 Å². The van der Waals surface area contributed by atoms with Gasteiger partial charge in [0.2, 0.25) is 0 Å². The fourth-order valence-corrected chi connectivity index (χ4v) is 3.14. The standard InChI is InChI=1S/C21H24N2O/c22-17-18-5-7-19(8-6-18)20-9-11-21(12-10-20)24-16-4-15-23-13-2-1-3-14-23/h5-12H,1-4,13-16H2. The first-order chi connectivity index (χ1) is 11.8. The molecule has 1 fully saturated rings. The molecule has 0 saturated carbocycles. The van der Waals surface area contributed by atoms with Crippen molar-refractivity contribution in [3.05, 3.63) is 54.1 Å². The highest BCUT2D eigenvalue weighted by Gasteiger charge is 2.09. The minimum Gasteiger partial charge on any atom is -0.494 e. The van der Waals surface area contributed by atoms with Crippen LogP contribution in [0.5, 0.6) is 5.75 Å². The molecule has 1 aliphatic heterocycles. The van der Waals surface area contributed by atoms with E-state index >= 15 is 0 Å². The van der Waals surface area contributed by atoms with Gasteiger partial charge in [-0.1, -0.05) is 30.7 Å². The molecule has 3 heteroatoms. The first-order valence-electron chi connectivity index (χ1n) is 8.81. The zero-order valence-corrected chi connectivity index (χ0v) is 14.1. The quantitative estimate of drug-likeness (QED) is 0.736. The van der Waals surface area contributed by atoms with Gasteiger partial charge in [0.15, 0.2) is 0 Å². The predicted molar refractivity (Wildman–Crippen MR) is 97.0 cm³/mol. The Kier molecular flexibility index (Phi) is 5.87. The maximum atomic E-state index is 8.85. The monoisotopic (exact) mass is 320 g/mol. The molecule has 0 bridgehead atoms. The van der Waals surface area contributed by atoms with Gasteiger partial charge in [-0.15, -0.1) is 0 Å². The molecule has 1 heterocycles. The Morgan fingerprint density at radius 3 is 2.12 bits per heavy atom. The first kappa shape index (κ1) is 16.5. The van der Waals surface area contributed by atoms with Crippen molar-refractivity contribution in [1.82, 2.24) is 4.90 Å². The first-order valence-corrected chi connectivity index (χ1v) is 8.81. The number of likely N-dealkylation sites (tertiary alicyclic amines) is 1. The molecule has 0 aliphatic carbocycles. The molecule has 0 atom stereocenters. The van der Waals surface area contributed by atoms with Gasteiger partial charge in [0.1, 0.15) is 5.75 Å². The van der Waals surface area contributed by atoms with Crippen LogP contribution in [0, 0.1) is 11.3 Å². The Balaban J connectivity index is 1.46. The highest BCUT2D eigenvalue weighted by atomic mass is 16.5. The Morgan fingerprint density at radius 1 is 0.875 bits per heavy atom. The van der Waals surface area contributed by atoms with Crippen LogP contribution in [0.4, 0.5) is 0 Å². The van der Waals surface area contributed by atoms with Gasteiger partial charge in [0.05, 0.1) is 18.2 Å². The lowest BCUT2D eigenvalue weighted by molar-refractivity contribution is 0.205. The van der Waals surface area contributed by atoms with E-state index in [1.54, 1.807) is 0 Å². The second kappa shape index (κ2) is 8.52. The summed E-state index contributed by atoms with van der Waals surface area (Å²) in [5.74, 6) is 0.922. The van der Waals surface area contributed by atoms with Crippen molar-refractivity contribution >= 4 is 0 Å². The summed E-state index contributed by atoms with van der Waals surface area (Å²) in [7, 11) is 0. The normalized spacial score (nSPS) is 15.0. The number of rotatable bonds is 6. The lowest BCUT2D eigenvalue weighted by Gasteiger charge is -2.26. The van der Waals surface area contributed by atoms with Crippen molar-refractivity contribution in [3.63, 3.8) is 0 Å². The predicted octanol–water partition coefficient (Wildman–Crippen LogP) is 4.48. The third kappa shape index (κ3) is 4.59. The highest BCUT2D eigenvalue weighted by molar-refractivity contribution is 5.64. The summed E-state index contributed by atoms with van der Waals surface area (Å²) in [6.45, 7) is 4.41. The zero-order chi connectivity index (χ0) is 16.6. The van der Waals surface area contributed by atoms with Gasteiger partial charge >= 0.3 is 0 Å². The number of ether oxygens (including phenoxy) is 1. The molecule has 0 spiro atoms. The van der Waals surface area contributed by atoms with E-state index in [9.17, 15) is 0 Å². The summed E-state index contributed by atoms with van der Waals surface area (Å²) in [4.78, 5) is 2.54. The van der Waals surface area contributed by atoms with Crippen LogP contribution < -0.4 is 4.74 Å². The largest absolute Gasteiger partial charge is 0.494 e.